The van der Waals surface area contributed by atoms with Crippen molar-refractivity contribution < 1.29 is 19.1 Å². The van der Waals surface area contributed by atoms with Crippen molar-refractivity contribution >= 4 is 32.7 Å². The molecule has 1 aromatic rings. The molecule has 80 valence electrons. The van der Waals surface area contributed by atoms with Gasteiger partial charge >= 0.3 is 0 Å². The van der Waals surface area contributed by atoms with Crippen LogP contribution in [0.15, 0.2) is 12.1 Å². The number of halogens is 1. The van der Waals surface area contributed by atoms with E-state index in [0.717, 1.165) is 0 Å². The predicted molar refractivity (Wildman–Crippen MR) is 63.3 cm³/mol. The van der Waals surface area contributed by atoms with Crippen molar-refractivity contribution in [3.05, 3.63) is 23.3 Å². The summed E-state index contributed by atoms with van der Waals surface area (Å²) in [7, 11) is 2.89. The minimum Gasteiger partial charge on any atom is -0.493 e. The van der Waals surface area contributed by atoms with Crippen LogP contribution in [0.2, 0.25) is 0 Å². The minimum atomic E-state index is -0.156. The summed E-state index contributed by atoms with van der Waals surface area (Å²) in [6.07, 6.45) is 0.629. The summed E-state index contributed by atoms with van der Waals surface area (Å²) in [5.74, 6) is 0.719. The van der Waals surface area contributed by atoms with E-state index in [1.807, 2.05) is 0 Å². The molecule has 0 heterocycles. The molecule has 1 rings (SSSR count). The third-order valence-electron chi connectivity index (χ3n) is 1.86. The van der Waals surface area contributed by atoms with Gasteiger partial charge in [0, 0.05) is 28.2 Å². The minimum absolute atomic E-state index is 0.156. The van der Waals surface area contributed by atoms with Crippen molar-refractivity contribution in [2.45, 2.75) is 0 Å². The SMILES string of the molecule is COc1cc(C(=O)I)cc(C=O)c1OC. The molecular formula is C10H9IO4. The van der Waals surface area contributed by atoms with Crippen LogP contribution in [-0.2, 0) is 0 Å². The first kappa shape index (κ1) is 12.0. The molecule has 4 nitrogen and oxygen atoms in total. The number of rotatable bonds is 4. The Morgan fingerprint density at radius 2 is 2.00 bits per heavy atom. The zero-order chi connectivity index (χ0) is 11.4. The van der Waals surface area contributed by atoms with E-state index in [1.54, 1.807) is 28.7 Å². The molecule has 0 amide bonds. The molecular weight excluding hydrogens is 311 g/mol. The summed E-state index contributed by atoms with van der Waals surface area (Å²) < 4.78 is 9.90. The molecule has 0 aliphatic rings. The van der Waals surface area contributed by atoms with Gasteiger partial charge in [-0.05, 0) is 12.1 Å². The first-order valence-electron chi connectivity index (χ1n) is 4.05. The first-order chi connectivity index (χ1) is 7.13. The van der Waals surface area contributed by atoms with E-state index in [4.69, 9.17) is 9.47 Å². The standard InChI is InChI=1S/C10H9IO4/c1-14-8-4-6(10(11)13)3-7(5-12)9(8)15-2/h3-5H,1-2H3. The molecule has 0 N–H and O–H groups in total. The van der Waals surface area contributed by atoms with Crippen molar-refractivity contribution in [1.29, 1.82) is 0 Å². The van der Waals surface area contributed by atoms with E-state index in [1.165, 1.54) is 20.3 Å². The maximum atomic E-state index is 11.2. The van der Waals surface area contributed by atoms with Gasteiger partial charge in [0.1, 0.15) is 0 Å². The highest BCUT2D eigenvalue weighted by atomic mass is 127. The molecule has 15 heavy (non-hydrogen) atoms. The Labute approximate surface area is 101 Å². The molecule has 0 radical (unpaired) electrons. The van der Waals surface area contributed by atoms with Crippen LogP contribution in [0.3, 0.4) is 0 Å². The number of hydrogen-bond donors (Lipinski definition) is 0. The smallest absolute Gasteiger partial charge is 0.222 e. The van der Waals surface area contributed by atoms with Crippen molar-refractivity contribution in [2.75, 3.05) is 14.2 Å². The van der Waals surface area contributed by atoms with Gasteiger partial charge in [-0.1, -0.05) is 0 Å². The van der Waals surface area contributed by atoms with Gasteiger partial charge in [-0.2, -0.15) is 0 Å². The van der Waals surface area contributed by atoms with Gasteiger partial charge in [0.25, 0.3) is 0 Å². The molecule has 0 aliphatic carbocycles. The molecule has 0 atom stereocenters. The van der Waals surface area contributed by atoms with Crippen LogP contribution in [-0.4, -0.2) is 24.3 Å². The Morgan fingerprint density at radius 3 is 2.40 bits per heavy atom. The fraction of sp³-hybridized carbons (Fsp3) is 0.200. The first-order valence-corrected chi connectivity index (χ1v) is 5.13. The highest BCUT2D eigenvalue weighted by Crippen LogP contribution is 2.32. The van der Waals surface area contributed by atoms with Gasteiger partial charge in [-0.15, -0.1) is 0 Å². The van der Waals surface area contributed by atoms with E-state index in [2.05, 4.69) is 0 Å². The third kappa shape index (κ3) is 2.47. The zero-order valence-electron chi connectivity index (χ0n) is 8.24. The van der Waals surface area contributed by atoms with Gasteiger partial charge in [0.15, 0.2) is 17.8 Å². The summed E-state index contributed by atoms with van der Waals surface area (Å²) in [5.41, 5.74) is 0.715. The third-order valence-corrected chi connectivity index (χ3v) is 2.48. The molecule has 0 spiro atoms. The molecule has 1 aromatic carbocycles. The van der Waals surface area contributed by atoms with Crippen LogP contribution < -0.4 is 9.47 Å². The Hall–Kier alpha value is -1.11. The number of hydrogen-bond acceptors (Lipinski definition) is 4. The Kier molecular flexibility index (Phi) is 4.07. The molecule has 0 aliphatic heterocycles. The molecule has 0 saturated heterocycles. The number of methoxy groups -OCH3 is 2. The lowest BCUT2D eigenvalue weighted by molar-refractivity contribution is 0.110. The van der Waals surface area contributed by atoms with Crippen LogP contribution in [0.25, 0.3) is 0 Å². The van der Waals surface area contributed by atoms with Gasteiger partial charge in [-0.25, -0.2) is 0 Å². The topological polar surface area (TPSA) is 52.6 Å². The summed E-state index contributed by atoms with van der Waals surface area (Å²) in [6.45, 7) is 0. The van der Waals surface area contributed by atoms with Crippen LogP contribution >= 0.6 is 22.6 Å². The number of benzene rings is 1. The average molecular weight is 320 g/mol. The van der Waals surface area contributed by atoms with Gasteiger partial charge < -0.3 is 9.47 Å². The number of carbonyl (C=O) groups is 2. The van der Waals surface area contributed by atoms with Crippen LogP contribution in [0, 0.1) is 0 Å². The van der Waals surface area contributed by atoms with Crippen LogP contribution in [0.5, 0.6) is 11.5 Å². The highest BCUT2D eigenvalue weighted by molar-refractivity contribution is 14.1. The Balaban J connectivity index is 3.42. The fourth-order valence-corrected chi connectivity index (χ4v) is 1.51. The number of carbonyl (C=O) groups excluding carboxylic acids is 2. The predicted octanol–water partition coefficient (Wildman–Crippen LogP) is 2.09. The van der Waals surface area contributed by atoms with E-state index >= 15 is 0 Å². The lowest BCUT2D eigenvalue weighted by atomic mass is 10.1. The molecule has 0 aromatic heterocycles. The van der Waals surface area contributed by atoms with Crippen molar-refractivity contribution in [3.63, 3.8) is 0 Å². The largest absolute Gasteiger partial charge is 0.493 e. The van der Waals surface area contributed by atoms with Crippen LogP contribution in [0.4, 0.5) is 0 Å². The second-order valence-electron chi connectivity index (χ2n) is 2.69. The lowest BCUT2D eigenvalue weighted by Crippen LogP contribution is -1.99. The Bertz CT molecular complexity index is 401. The zero-order valence-corrected chi connectivity index (χ0v) is 10.4. The van der Waals surface area contributed by atoms with Crippen LogP contribution in [0.1, 0.15) is 20.7 Å². The number of aldehydes is 1. The van der Waals surface area contributed by atoms with E-state index in [0.29, 0.717) is 28.9 Å². The van der Waals surface area contributed by atoms with E-state index < -0.39 is 0 Å². The summed E-state index contributed by atoms with van der Waals surface area (Å²) >= 11 is 1.65. The molecule has 0 bridgehead atoms. The van der Waals surface area contributed by atoms with Crippen molar-refractivity contribution in [1.82, 2.24) is 0 Å². The second kappa shape index (κ2) is 5.11. The fourth-order valence-electron chi connectivity index (χ4n) is 1.19. The Morgan fingerprint density at radius 1 is 1.33 bits per heavy atom. The maximum Gasteiger partial charge on any atom is 0.222 e. The maximum absolute atomic E-state index is 11.2. The quantitative estimate of drug-likeness (QED) is 0.484. The monoisotopic (exact) mass is 320 g/mol. The normalized spacial score (nSPS) is 9.53. The molecule has 5 heteroatoms. The molecule has 0 saturated carbocycles. The van der Waals surface area contributed by atoms with Gasteiger partial charge in [0.05, 0.1) is 19.8 Å². The molecule has 0 fully saturated rings. The van der Waals surface area contributed by atoms with Crippen molar-refractivity contribution in [3.8, 4) is 11.5 Å². The van der Waals surface area contributed by atoms with Gasteiger partial charge in [0.2, 0.25) is 3.79 Å². The van der Waals surface area contributed by atoms with E-state index in [9.17, 15) is 9.59 Å². The summed E-state index contributed by atoms with van der Waals surface area (Å²) in [6, 6.07) is 3.02. The highest BCUT2D eigenvalue weighted by Gasteiger charge is 2.14. The van der Waals surface area contributed by atoms with E-state index in [-0.39, 0.29) is 3.79 Å². The van der Waals surface area contributed by atoms with Crippen molar-refractivity contribution in [2.24, 2.45) is 0 Å². The summed E-state index contributed by atoms with van der Waals surface area (Å²) in [5, 5.41) is 0. The average Bonchev–Trinajstić information content (AvgIpc) is 2.26. The summed E-state index contributed by atoms with van der Waals surface area (Å²) in [4.78, 5) is 21.9. The second-order valence-corrected chi connectivity index (χ2v) is 3.67. The molecule has 0 unspecified atom stereocenters. The number of ether oxygens (including phenoxy) is 2. The lowest BCUT2D eigenvalue weighted by Gasteiger charge is -2.10. The van der Waals surface area contributed by atoms with Gasteiger partial charge in [-0.3, -0.25) is 9.59 Å².